The number of aliphatic hydroxyl groups is 2. The lowest BCUT2D eigenvalue weighted by Crippen LogP contribution is -2.46. The molecule has 0 fully saturated rings. The molecule has 1 amide bonds. The SMILES string of the molecule is CCCCCCCCC/C=C\CCCCCC(=O)OC(CCCCCCCCCC)CC(=O)NC(CO)C(O)CCCCCCCCCCCCCCCCCCC. The number of unbranched alkanes of at least 4 members (excludes halogenated alkanes) is 33. The van der Waals surface area contributed by atoms with Crippen LogP contribution in [-0.2, 0) is 14.3 Å². The molecule has 344 valence electrons. The van der Waals surface area contributed by atoms with Crippen LogP contribution in [0.1, 0.15) is 284 Å². The highest BCUT2D eigenvalue weighted by Gasteiger charge is 2.24. The number of ether oxygens (including phenoxy) is 1. The number of allylic oxidation sites excluding steroid dienone is 2. The summed E-state index contributed by atoms with van der Waals surface area (Å²) in [6.45, 7) is 6.48. The van der Waals surface area contributed by atoms with Crippen molar-refractivity contribution in [1.82, 2.24) is 5.32 Å². The molecule has 3 unspecified atom stereocenters. The van der Waals surface area contributed by atoms with Gasteiger partial charge < -0.3 is 20.3 Å². The van der Waals surface area contributed by atoms with Crippen molar-refractivity contribution in [2.24, 2.45) is 0 Å². The molecular formula is C52H101NO5. The second kappa shape index (κ2) is 46.7. The Hall–Kier alpha value is -1.40. The molecule has 0 radical (unpaired) electrons. The Kier molecular flexibility index (Phi) is 45.5. The zero-order valence-electron chi connectivity index (χ0n) is 39.2. The summed E-state index contributed by atoms with van der Waals surface area (Å²) in [5.41, 5.74) is 0. The molecular weight excluding hydrogens is 719 g/mol. The normalized spacial score (nSPS) is 13.3. The van der Waals surface area contributed by atoms with E-state index in [2.05, 4.69) is 38.2 Å². The van der Waals surface area contributed by atoms with Gasteiger partial charge in [-0.1, -0.05) is 232 Å². The van der Waals surface area contributed by atoms with Gasteiger partial charge >= 0.3 is 5.97 Å². The van der Waals surface area contributed by atoms with E-state index in [1.54, 1.807) is 0 Å². The Morgan fingerprint density at radius 3 is 1.22 bits per heavy atom. The first-order chi connectivity index (χ1) is 28.5. The lowest BCUT2D eigenvalue weighted by atomic mass is 10.0. The monoisotopic (exact) mass is 820 g/mol. The molecule has 0 aliphatic carbocycles. The van der Waals surface area contributed by atoms with Crippen LogP contribution in [0.4, 0.5) is 0 Å². The Morgan fingerprint density at radius 1 is 0.483 bits per heavy atom. The van der Waals surface area contributed by atoms with E-state index < -0.39 is 18.2 Å². The van der Waals surface area contributed by atoms with Gasteiger partial charge in [0.05, 0.1) is 25.2 Å². The standard InChI is InChI=1S/C52H101NO5/c1-4-7-10-13-16-19-21-23-25-26-27-28-30-32-35-38-41-44-50(55)49(47-54)53-51(56)46-48(43-40-37-34-18-15-12-9-6-3)58-52(57)45-42-39-36-33-31-29-24-22-20-17-14-11-8-5-2/h29,31,48-50,54-55H,4-28,30,32-47H2,1-3H3,(H,53,56)/b31-29-. The van der Waals surface area contributed by atoms with Crippen molar-refractivity contribution in [3.8, 4) is 0 Å². The summed E-state index contributed by atoms with van der Waals surface area (Å²) < 4.78 is 5.90. The molecule has 0 rings (SSSR count). The predicted molar refractivity (Wildman–Crippen MR) is 250 cm³/mol. The quantitative estimate of drug-likeness (QED) is 0.0323. The first-order valence-electron chi connectivity index (χ1n) is 25.9. The van der Waals surface area contributed by atoms with Crippen molar-refractivity contribution in [3.05, 3.63) is 12.2 Å². The van der Waals surface area contributed by atoms with Gasteiger partial charge in [-0.3, -0.25) is 9.59 Å². The van der Waals surface area contributed by atoms with Crippen molar-refractivity contribution < 1.29 is 24.5 Å². The molecule has 3 N–H and O–H groups in total. The third kappa shape index (κ3) is 41.3. The number of hydrogen-bond acceptors (Lipinski definition) is 5. The van der Waals surface area contributed by atoms with Crippen molar-refractivity contribution in [1.29, 1.82) is 0 Å². The van der Waals surface area contributed by atoms with Crippen LogP contribution in [0.2, 0.25) is 0 Å². The summed E-state index contributed by atoms with van der Waals surface area (Å²) in [7, 11) is 0. The maximum absolute atomic E-state index is 13.1. The molecule has 3 atom stereocenters. The number of rotatable bonds is 47. The van der Waals surface area contributed by atoms with Crippen molar-refractivity contribution in [3.63, 3.8) is 0 Å². The molecule has 0 aromatic rings. The second-order valence-electron chi connectivity index (χ2n) is 17.9. The number of hydrogen-bond donors (Lipinski definition) is 3. The molecule has 0 aliphatic rings. The zero-order valence-corrected chi connectivity index (χ0v) is 39.2. The number of carbonyl (C=O) groups excluding carboxylic acids is 2. The van der Waals surface area contributed by atoms with Crippen LogP contribution in [0.15, 0.2) is 12.2 Å². The van der Waals surface area contributed by atoms with Gasteiger partial charge in [-0.25, -0.2) is 0 Å². The highest BCUT2D eigenvalue weighted by atomic mass is 16.5. The zero-order chi connectivity index (χ0) is 42.4. The lowest BCUT2D eigenvalue weighted by Gasteiger charge is -2.24. The van der Waals surface area contributed by atoms with Gasteiger partial charge in [0.25, 0.3) is 0 Å². The van der Waals surface area contributed by atoms with Gasteiger partial charge in [-0.15, -0.1) is 0 Å². The molecule has 0 bridgehead atoms. The molecule has 6 nitrogen and oxygen atoms in total. The molecule has 6 heteroatoms. The molecule has 58 heavy (non-hydrogen) atoms. The predicted octanol–water partition coefficient (Wildman–Crippen LogP) is 15.3. The highest BCUT2D eigenvalue weighted by molar-refractivity contribution is 5.77. The third-order valence-electron chi connectivity index (χ3n) is 12.1. The average molecular weight is 820 g/mol. The minimum Gasteiger partial charge on any atom is -0.462 e. The van der Waals surface area contributed by atoms with Crippen LogP contribution in [0.25, 0.3) is 0 Å². The van der Waals surface area contributed by atoms with Crippen molar-refractivity contribution in [2.75, 3.05) is 6.61 Å². The molecule has 0 aliphatic heterocycles. The van der Waals surface area contributed by atoms with Gasteiger partial charge in [0, 0.05) is 6.42 Å². The number of esters is 1. The van der Waals surface area contributed by atoms with Crippen LogP contribution in [-0.4, -0.2) is 46.9 Å². The minimum absolute atomic E-state index is 0.0775. The Bertz CT molecular complexity index is 878. The average Bonchev–Trinajstić information content (AvgIpc) is 3.22. The molecule has 0 aromatic carbocycles. The van der Waals surface area contributed by atoms with E-state index >= 15 is 0 Å². The van der Waals surface area contributed by atoms with Crippen molar-refractivity contribution in [2.45, 2.75) is 302 Å². The second-order valence-corrected chi connectivity index (χ2v) is 17.9. The van der Waals surface area contributed by atoms with Crippen LogP contribution >= 0.6 is 0 Å². The summed E-state index contributed by atoms with van der Waals surface area (Å²) in [5.74, 6) is -0.481. The number of aliphatic hydroxyl groups excluding tert-OH is 2. The third-order valence-corrected chi connectivity index (χ3v) is 12.1. The number of nitrogens with one attached hydrogen (secondary N) is 1. The first kappa shape index (κ1) is 56.6. The molecule has 0 heterocycles. The summed E-state index contributed by atoms with van der Waals surface area (Å²) in [6, 6.07) is -0.697. The van der Waals surface area contributed by atoms with E-state index in [0.29, 0.717) is 19.3 Å². The van der Waals surface area contributed by atoms with Gasteiger partial charge in [0.1, 0.15) is 6.10 Å². The first-order valence-corrected chi connectivity index (χ1v) is 25.9. The summed E-state index contributed by atoms with van der Waals surface area (Å²) in [6.07, 6.45) is 51.4. The molecule has 0 saturated carbocycles. The topological polar surface area (TPSA) is 95.9 Å². The molecule has 0 saturated heterocycles. The Labute approximate surface area is 361 Å². The smallest absolute Gasteiger partial charge is 0.306 e. The fourth-order valence-electron chi connectivity index (χ4n) is 8.13. The van der Waals surface area contributed by atoms with E-state index in [9.17, 15) is 19.8 Å². The van der Waals surface area contributed by atoms with Crippen LogP contribution < -0.4 is 5.32 Å². The lowest BCUT2D eigenvalue weighted by molar-refractivity contribution is -0.151. The van der Waals surface area contributed by atoms with Crippen LogP contribution in [0.3, 0.4) is 0 Å². The maximum Gasteiger partial charge on any atom is 0.306 e. The summed E-state index contributed by atoms with van der Waals surface area (Å²) in [4.78, 5) is 26.0. The maximum atomic E-state index is 13.1. The fraction of sp³-hybridized carbons (Fsp3) is 0.923. The van der Waals surface area contributed by atoms with Crippen LogP contribution in [0.5, 0.6) is 0 Å². The molecule has 0 spiro atoms. The minimum atomic E-state index is -0.783. The Morgan fingerprint density at radius 2 is 0.828 bits per heavy atom. The van der Waals surface area contributed by atoms with E-state index in [1.807, 2.05) is 0 Å². The van der Waals surface area contributed by atoms with Gasteiger partial charge in [-0.05, 0) is 51.4 Å². The van der Waals surface area contributed by atoms with E-state index in [4.69, 9.17) is 4.74 Å². The number of carbonyl (C=O) groups is 2. The van der Waals surface area contributed by atoms with Gasteiger partial charge in [0.2, 0.25) is 5.91 Å². The van der Waals surface area contributed by atoms with Crippen LogP contribution in [0, 0.1) is 0 Å². The number of amides is 1. The fourth-order valence-corrected chi connectivity index (χ4v) is 8.13. The summed E-state index contributed by atoms with van der Waals surface area (Å²) >= 11 is 0. The Balaban J connectivity index is 4.37. The summed E-state index contributed by atoms with van der Waals surface area (Å²) in [5, 5.41) is 23.7. The largest absolute Gasteiger partial charge is 0.462 e. The van der Waals surface area contributed by atoms with E-state index in [1.165, 1.54) is 186 Å². The van der Waals surface area contributed by atoms with E-state index in [-0.39, 0.29) is 24.9 Å². The molecule has 0 aromatic heterocycles. The van der Waals surface area contributed by atoms with E-state index in [0.717, 1.165) is 51.4 Å². The van der Waals surface area contributed by atoms with Crippen molar-refractivity contribution >= 4 is 11.9 Å². The van der Waals surface area contributed by atoms with Gasteiger partial charge in [-0.2, -0.15) is 0 Å². The highest BCUT2D eigenvalue weighted by Crippen LogP contribution is 2.18. The van der Waals surface area contributed by atoms with Gasteiger partial charge in [0.15, 0.2) is 0 Å².